The molecule has 0 atom stereocenters. The summed E-state index contributed by atoms with van der Waals surface area (Å²) in [6.45, 7) is 3.57. The second kappa shape index (κ2) is 10.1. The fourth-order valence-electron chi connectivity index (χ4n) is 2.76. The van der Waals surface area contributed by atoms with Crippen LogP contribution in [0, 0.1) is 0 Å². The third-order valence-corrected chi connectivity index (χ3v) is 5.22. The van der Waals surface area contributed by atoms with Crippen LogP contribution in [0.4, 0.5) is 0 Å². The van der Waals surface area contributed by atoms with Gasteiger partial charge in [-0.15, -0.1) is 0 Å². The number of methoxy groups -OCH3 is 2. The van der Waals surface area contributed by atoms with E-state index in [9.17, 15) is 4.79 Å². The molecule has 7 nitrogen and oxygen atoms in total. The molecule has 29 heavy (non-hydrogen) atoms. The minimum atomic E-state index is -0.364. The van der Waals surface area contributed by atoms with Gasteiger partial charge in [-0.05, 0) is 37.3 Å². The van der Waals surface area contributed by atoms with E-state index in [0.29, 0.717) is 36.1 Å². The summed E-state index contributed by atoms with van der Waals surface area (Å²) in [7, 11) is 3.21. The van der Waals surface area contributed by atoms with Gasteiger partial charge in [0.25, 0.3) is 5.91 Å². The molecule has 0 aliphatic heterocycles. The lowest BCUT2D eigenvalue weighted by atomic mass is 10.3. The van der Waals surface area contributed by atoms with Crippen LogP contribution in [0.5, 0.6) is 17.2 Å². The van der Waals surface area contributed by atoms with Crippen LogP contribution in [0.15, 0.2) is 47.5 Å². The van der Waals surface area contributed by atoms with Crippen molar-refractivity contribution in [3.05, 3.63) is 47.3 Å². The van der Waals surface area contributed by atoms with Crippen LogP contribution in [-0.2, 0) is 16.1 Å². The van der Waals surface area contributed by atoms with E-state index in [1.54, 1.807) is 32.4 Å². The summed E-state index contributed by atoms with van der Waals surface area (Å²) in [6.07, 6.45) is 0. The van der Waals surface area contributed by atoms with Crippen molar-refractivity contribution in [1.29, 1.82) is 0 Å². The molecule has 0 N–H and O–H groups in total. The van der Waals surface area contributed by atoms with E-state index in [-0.39, 0.29) is 12.5 Å². The molecule has 1 aromatic heterocycles. The van der Waals surface area contributed by atoms with Crippen molar-refractivity contribution in [1.82, 2.24) is 4.57 Å². The van der Waals surface area contributed by atoms with Crippen molar-refractivity contribution < 1.29 is 23.7 Å². The number of nitrogens with zero attached hydrogens (tertiary/aromatic N) is 2. The van der Waals surface area contributed by atoms with Crippen LogP contribution in [0.25, 0.3) is 10.2 Å². The van der Waals surface area contributed by atoms with E-state index in [4.69, 9.17) is 18.9 Å². The lowest BCUT2D eigenvalue weighted by molar-refractivity contribution is -0.120. The maximum atomic E-state index is 12.4. The molecule has 0 aliphatic rings. The Labute approximate surface area is 173 Å². The first-order chi connectivity index (χ1) is 14.1. The molecule has 0 spiro atoms. The minimum absolute atomic E-state index is 0.157. The van der Waals surface area contributed by atoms with Crippen molar-refractivity contribution in [3.8, 4) is 17.2 Å². The number of carbonyl (C=O) groups is 1. The highest BCUT2D eigenvalue weighted by molar-refractivity contribution is 7.16. The molecule has 154 valence electrons. The van der Waals surface area contributed by atoms with Crippen molar-refractivity contribution >= 4 is 27.5 Å². The number of amides is 1. The average molecular weight is 416 g/mol. The van der Waals surface area contributed by atoms with Gasteiger partial charge in [-0.25, -0.2) is 0 Å². The zero-order chi connectivity index (χ0) is 20.6. The predicted molar refractivity (Wildman–Crippen MR) is 112 cm³/mol. The van der Waals surface area contributed by atoms with E-state index in [1.807, 2.05) is 35.8 Å². The zero-order valence-corrected chi connectivity index (χ0v) is 17.5. The van der Waals surface area contributed by atoms with Crippen molar-refractivity contribution in [2.75, 3.05) is 34.0 Å². The Hall–Kier alpha value is -2.84. The highest BCUT2D eigenvalue weighted by Gasteiger charge is 2.10. The van der Waals surface area contributed by atoms with Gasteiger partial charge in [-0.1, -0.05) is 17.4 Å². The third-order valence-electron chi connectivity index (χ3n) is 4.18. The molecule has 0 aliphatic carbocycles. The maximum absolute atomic E-state index is 12.4. The molecule has 2 aromatic carbocycles. The van der Waals surface area contributed by atoms with E-state index in [0.717, 1.165) is 16.0 Å². The highest BCUT2D eigenvalue weighted by atomic mass is 32.1. The van der Waals surface area contributed by atoms with Gasteiger partial charge in [0.15, 0.2) is 11.4 Å². The largest absolute Gasteiger partial charge is 0.497 e. The summed E-state index contributed by atoms with van der Waals surface area (Å²) in [5.74, 6) is 1.61. The molecule has 1 heterocycles. The molecule has 3 rings (SSSR count). The predicted octanol–water partition coefficient (Wildman–Crippen LogP) is 3.26. The molecule has 3 aromatic rings. The van der Waals surface area contributed by atoms with Crippen LogP contribution in [0.1, 0.15) is 6.92 Å². The molecule has 0 radical (unpaired) electrons. The number of aromatic nitrogens is 1. The van der Waals surface area contributed by atoms with E-state index >= 15 is 0 Å². The lowest BCUT2D eigenvalue weighted by Gasteiger charge is -2.07. The Morgan fingerprint density at radius 3 is 2.59 bits per heavy atom. The van der Waals surface area contributed by atoms with E-state index in [2.05, 4.69) is 4.99 Å². The van der Waals surface area contributed by atoms with Crippen LogP contribution in [0.3, 0.4) is 0 Å². The number of carbonyl (C=O) groups excluding carboxylic acids is 1. The van der Waals surface area contributed by atoms with Gasteiger partial charge in [0.2, 0.25) is 0 Å². The third kappa shape index (κ3) is 5.36. The SMILES string of the molecule is CCOCCn1c(=NC(=O)COc2cccc(OC)c2)sc2cc(OC)ccc21. The Bertz CT molecular complexity index is 1040. The summed E-state index contributed by atoms with van der Waals surface area (Å²) in [6, 6.07) is 12.9. The Morgan fingerprint density at radius 1 is 1.07 bits per heavy atom. The summed E-state index contributed by atoms with van der Waals surface area (Å²) in [5.41, 5.74) is 0.982. The number of benzene rings is 2. The van der Waals surface area contributed by atoms with Gasteiger partial charge in [0.1, 0.15) is 17.2 Å². The topological polar surface area (TPSA) is 71.3 Å². The summed E-state index contributed by atoms with van der Waals surface area (Å²) >= 11 is 1.43. The molecule has 0 saturated heterocycles. The van der Waals surface area contributed by atoms with Gasteiger partial charge in [0.05, 0.1) is 31.0 Å². The first-order valence-electron chi connectivity index (χ1n) is 9.24. The Balaban J connectivity index is 1.84. The summed E-state index contributed by atoms with van der Waals surface area (Å²) in [4.78, 5) is 17.3. The molecule has 0 unspecified atom stereocenters. The second-order valence-corrected chi connectivity index (χ2v) is 7.05. The molecule has 1 amide bonds. The number of ether oxygens (including phenoxy) is 4. The first-order valence-corrected chi connectivity index (χ1v) is 10.1. The van der Waals surface area contributed by atoms with Gasteiger partial charge < -0.3 is 23.5 Å². The number of thiazole rings is 1. The summed E-state index contributed by atoms with van der Waals surface area (Å²) < 4.78 is 24.5. The quantitative estimate of drug-likeness (QED) is 0.501. The van der Waals surface area contributed by atoms with Crippen molar-refractivity contribution in [2.24, 2.45) is 4.99 Å². The monoisotopic (exact) mass is 416 g/mol. The molecular weight excluding hydrogens is 392 g/mol. The van der Waals surface area contributed by atoms with E-state index < -0.39 is 0 Å². The van der Waals surface area contributed by atoms with Crippen LogP contribution in [0.2, 0.25) is 0 Å². The van der Waals surface area contributed by atoms with Gasteiger partial charge in [-0.3, -0.25) is 4.79 Å². The first kappa shape index (κ1) is 20.9. The average Bonchev–Trinajstić information content (AvgIpc) is 3.08. The van der Waals surface area contributed by atoms with Crippen LogP contribution < -0.4 is 19.0 Å². The number of fused-ring (bicyclic) bond motifs is 1. The van der Waals surface area contributed by atoms with Crippen molar-refractivity contribution in [2.45, 2.75) is 13.5 Å². The fourth-order valence-corrected chi connectivity index (χ4v) is 3.86. The standard InChI is InChI=1S/C21H24N2O5S/c1-4-27-11-10-23-18-9-8-16(26-3)13-19(18)29-21(23)22-20(24)14-28-17-7-5-6-15(12-17)25-2/h5-9,12-13H,4,10-11,14H2,1-3H3. The van der Waals surface area contributed by atoms with Gasteiger partial charge in [-0.2, -0.15) is 4.99 Å². The van der Waals surface area contributed by atoms with Crippen LogP contribution >= 0.6 is 11.3 Å². The normalized spacial score (nSPS) is 11.6. The van der Waals surface area contributed by atoms with Crippen LogP contribution in [-0.4, -0.2) is 44.5 Å². The fraction of sp³-hybridized carbons (Fsp3) is 0.333. The minimum Gasteiger partial charge on any atom is -0.497 e. The molecule has 0 fully saturated rings. The number of hydrogen-bond donors (Lipinski definition) is 0. The van der Waals surface area contributed by atoms with Gasteiger partial charge in [0, 0.05) is 19.2 Å². The lowest BCUT2D eigenvalue weighted by Crippen LogP contribution is -2.21. The Kier molecular flexibility index (Phi) is 7.26. The molecule has 0 saturated carbocycles. The molecule has 8 heteroatoms. The second-order valence-electron chi connectivity index (χ2n) is 6.04. The molecule has 0 bridgehead atoms. The summed E-state index contributed by atoms with van der Waals surface area (Å²) in [5, 5.41) is 0. The van der Waals surface area contributed by atoms with Gasteiger partial charge >= 0.3 is 0 Å². The van der Waals surface area contributed by atoms with Crippen molar-refractivity contribution in [3.63, 3.8) is 0 Å². The number of rotatable bonds is 9. The smallest absolute Gasteiger partial charge is 0.286 e. The molecular formula is C21H24N2O5S. The maximum Gasteiger partial charge on any atom is 0.286 e. The Morgan fingerprint density at radius 2 is 1.83 bits per heavy atom. The zero-order valence-electron chi connectivity index (χ0n) is 16.7. The number of hydrogen-bond acceptors (Lipinski definition) is 6. The highest BCUT2D eigenvalue weighted by Crippen LogP contribution is 2.23. The van der Waals surface area contributed by atoms with E-state index in [1.165, 1.54) is 11.3 Å².